The number of aliphatic imine (C=N–C) groups is 1. The van der Waals surface area contributed by atoms with Gasteiger partial charge in [-0.3, -0.25) is 0 Å². The zero-order valence-corrected chi connectivity index (χ0v) is 8.42. The molecule has 0 aromatic carbocycles. The molecule has 2 atom stereocenters. The fraction of sp³-hybridized carbons (Fsp3) is 0.889. The van der Waals surface area contributed by atoms with Crippen molar-refractivity contribution in [3.8, 4) is 0 Å². The molecule has 0 spiro atoms. The fourth-order valence-electron chi connectivity index (χ4n) is 1.51. The summed E-state index contributed by atoms with van der Waals surface area (Å²) in [6, 6.07) is 0.113. The van der Waals surface area contributed by atoms with E-state index in [0.29, 0.717) is 0 Å². The Balaban J connectivity index is 2.75. The predicted molar refractivity (Wildman–Crippen MR) is 48.5 cm³/mol. The molecule has 0 N–H and O–H groups in total. The van der Waals surface area contributed by atoms with Crippen LogP contribution in [0.2, 0.25) is 0 Å². The smallest absolute Gasteiger partial charge is 0.180 e. The summed E-state index contributed by atoms with van der Waals surface area (Å²) in [5.41, 5.74) is -0.239. The average molecular weight is 171 g/mol. The van der Waals surface area contributed by atoms with E-state index in [2.05, 4.69) is 4.99 Å². The average Bonchev–Trinajstić information content (AvgIpc) is 2.31. The van der Waals surface area contributed by atoms with Crippen molar-refractivity contribution in [2.24, 2.45) is 4.99 Å². The lowest BCUT2D eigenvalue weighted by molar-refractivity contribution is -0.0198. The third-order valence-electron chi connectivity index (χ3n) is 2.36. The number of methoxy groups -OCH3 is 1. The van der Waals surface area contributed by atoms with Crippen molar-refractivity contribution in [1.82, 2.24) is 0 Å². The summed E-state index contributed by atoms with van der Waals surface area (Å²) < 4.78 is 10.8. The van der Waals surface area contributed by atoms with Gasteiger partial charge in [0.15, 0.2) is 5.90 Å². The van der Waals surface area contributed by atoms with Crippen molar-refractivity contribution in [3.63, 3.8) is 0 Å². The van der Waals surface area contributed by atoms with Crippen LogP contribution in [0.25, 0.3) is 0 Å². The molecule has 1 heterocycles. The topological polar surface area (TPSA) is 30.8 Å². The van der Waals surface area contributed by atoms with E-state index >= 15 is 0 Å². The highest BCUT2D eigenvalue weighted by Gasteiger charge is 2.38. The van der Waals surface area contributed by atoms with Gasteiger partial charge < -0.3 is 9.47 Å². The van der Waals surface area contributed by atoms with Crippen LogP contribution in [0.1, 0.15) is 27.7 Å². The standard InChI is InChI=1S/C9H17NO2/c1-6-8(9(3,4)11-5)10-7(2)12-6/h6,8H,1-5H3/t6-,8-/m0/s1. The number of nitrogens with zero attached hydrogens (tertiary/aromatic N) is 1. The van der Waals surface area contributed by atoms with E-state index in [4.69, 9.17) is 9.47 Å². The number of rotatable bonds is 2. The molecular weight excluding hydrogens is 154 g/mol. The minimum Gasteiger partial charge on any atom is -0.476 e. The van der Waals surface area contributed by atoms with Crippen molar-refractivity contribution in [2.45, 2.75) is 45.4 Å². The van der Waals surface area contributed by atoms with E-state index in [1.165, 1.54) is 0 Å². The van der Waals surface area contributed by atoms with E-state index in [-0.39, 0.29) is 17.7 Å². The van der Waals surface area contributed by atoms with Crippen LogP contribution in [-0.2, 0) is 9.47 Å². The van der Waals surface area contributed by atoms with Crippen LogP contribution < -0.4 is 0 Å². The Morgan fingerprint density at radius 3 is 2.42 bits per heavy atom. The lowest BCUT2D eigenvalue weighted by Gasteiger charge is -2.29. The Morgan fingerprint density at radius 2 is 2.08 bits per heavy atom. The monoisotopic (exact) mass is 171 g/mol. The molecule has 0 unspecified atom stereocenters. The molecule has 1 rings (SSSR count). The van der Waals surface area contributed by atoms with Gasteiger partial charge >= 0.3 is 0 Å². The highest BCUT2D eigenvalue weighted by molar-refractivity contribution is 5.75. The van der Waals surface area contributed by atoms with Crippen molar-refractivity contribution in [1.29, 1.82) is 0 Å². The van der Waals surface area contributed by atoms with Gasteiger partial charge in [0.2, 0.25) is 0 Å². The second-order valence-corrected chi connectivity index (χ2v) is 3.72. The lowest BCUT2D eigenvalue weighted by Crippen LogP contribution is -2.41. The summed E-state index contributed by atoms with van der Waals surface area (Å²) >= 11 is 0. The maximum absolute atomic E-state index is 5.43. The molecule has 3 nitrogen and oxygen atoms in total. The van der Waals surface area contributed by atoms with Crippen LogP contribution in [0.4, 0.5) is 0 Å². The van der Waals surface area contributed by atoms with Crippen LogP contribution in [-0.4, -0.2) is 30.8 Å². The van der Waals surface area contributed by atoms with E-state index < -0.39 is 0 Å². The van der Waals surface area contributed by atoms with Gasteiger partial charge in [-0.1, -0.05) is 0 Å². The van der Waals surface area contributed by atoms with Gasteiger partial charge in [-0.15, -0.1) is 0 Å². The molecule has 0 amide bonds. The van der Waals surface area contributed by atoms with Crippen molar-refractivity contribution in [3.05, 3.63) is 0 Å². The number of ether oxygens (including phenoxy) is 2. The number of hydrogen-bond acceptors (Lipinski definition) is 3. The molecular formula is C9H17NO2. The largest absolute Gasteiger partial charge is 0.476 e. The Hall–Kier alpha value is -0.570. The summed E-state index contributed by atoms with van der Waals surface area (Å²) in [5.74, 6) is 0.762. The van der Waals surface area contributed by atoms with Gasteiger partial charge in [0, 0.05) is 14.0 Å². The van der Waals surface area contributed by atoms with Crippen LogP contribution in [0.3, 0.4) is 0 Å². The normalized spacial score (nSPS) is 29.9. The second kappa shape index (κ2) is 3.05. The molecule has 0 aromatic heterocycles. The van der Waals surface area contributed by atoms with Crippen LogP contribution in [0, 0.1) is 0 Å². The highest BCUT2D eigenvalue weighted by Crippen LogP contribution is 2.26. The van der Waals surface area contributed by atoms with Crippen LogP contribution in [0.15, 0.2) is 4.99 Å². The fourth-order valence-corrected chi connectivity index (χ4v) is 1.51. The summed E-state index contributed by atoms with van der Waals surface area (Å²) in [7, 11) is 1.70. The first-order chi connectivity index (χ1) is 5.47. The molecule has 1 aliphatic heterocycles. The number of hydrogen-bond donors (Lipinski definition) is 0. The third kappa shape index (κ3) is 1.61. The molecule has 0 aliphatic carbocycles. The molecule has 1 aliphatic rings. The van der Waals surface area contributed by atoms with E-state index in [1.807, 2.05) is 27.7 Å². The summed E-state index contributed by atoms with van der Waals surface area (Å²) in [6.07, 6.45) is 0.125. The minimum atomic E-state index is -0.239. The first kappa shape index (κ1) is 9.52. The first-order valence-electron chi connectivity index (χ1n) is 4.23. The Morgan fingerprint density at radius 1 is 1.50 bits per heavy atom. The Kier molecular flexibility index (Phi) is 2.42. The van der Waals surface area contributed by atoms with Crippen molar-refractivity contribution in [2.75, 3.05) is 7.11 Å². The zero-order chi connectivity index (χ0) is 9.35. The Labute approximate surface area is 73.8 Å². The molecule has 0 saturated heterocycles. The molecule has 0 aromatic rings. The van der Waals surface area contributed by atoms with Crippen LogP contribution in [0.5, 0.6) is 0 Å². The maximum atomic E-state index is 5.43. The predicted octanol–water partition coefficient (Wildman–Crippen LogP) is 1.62. The van der Waals surface area contributed by atoms with Gasteiger partial charge in [0.25, 0.3) is 0 Å². The van der Waals surface area contributed by atoms with Gasteiger partial charge in [-0.25, -0.2) is 4.99 Å². The van der Waals surface area contributed by atoms with Crippen molar-refractivity contribution >= 4 is 5.90 Å². The van der Waals surface area contributed by atoms with Crippen LogP contribution >= 0.6 is 0 Å². The molecule has 0 fully saturated rings. The lowest BCUT2D eigenvalue weighted by atomic mass is 9.95. The van der Waals surface area contributed by atoms with Gasteiger partial charge in [0.05, 0.1) is 5.60 Å². The van der Waals surface area contributed by atoms with E-state index in [1.54, 1.807) is 7.11 Å². The zero-order valence-electron chi connectivity index (χ0n) is 8.42. The van der Waals surface area contributed by atoms with E-state index in [0.717, 1.165) is 5.90 Å². The van der Waals surface area contributed by atoms with Gasteiger partial charge in [-0.2, -0.15) is 0 Å². The maximum Gasteiger partial charge on any atom is 0.180 e. The molecule has 70 valence electrons. The third-order valence-corrected chi connectivity index (χ3v) is 2.36. The molecule has 0 bridgehead atoms. The molecule has 0 saturated carbocycles. The summed E-state index contributed by atoms with van der Waals surface area (Å²) in [4.78, 5) is 4.38. The summed E-state index contributed by atoms with van der Waals surface area (Å²) in [5, 5.41) is 0. The molecule has 12 heavy (non-hydrogen) atoms. The second-order valence-electron chi connectivity index (χ2n) is 3.72. The highest BCUT2D eigenvalue weighted by atomic mass is 16.5. The van der Waals surface area contributed by atoms with Crippen molar-refractivity contribution < 1.29 is 9.47 Å². The van der Waals surface area contributed by atoms with Gasteiger partial charge in [0.1, 0.15) is 12.1 Å². The Bertz CT molecular complexity index is 199. The quantitative estimate of drug-likeness (QED) is 0.632. The van der Waals surface area contributed by atoms with Gasteiger partial charge in [-0.05, 0) is 20.8 Å². The minimum absolute atomic E-state index is 0.113. The summed E-state index contributed by atoms with van der Waals surface area (Å²) in [6.45, 7) is 7.95. The van der Waals surface area contributed by atoms with E-state index in [9.17, 15) is 0 Å². The SMILES string of the molecule is COC(C)(C)[C@H]1N=C(C)O[C@H]1C. The molecule has 0 radical (unpaired) electrons. The molecule has 3 heteroatoms. The first-order valence-corrected chi connectivity index (χ1v) is 4.23.